The van der Waals surface area contributed by atoms with Gasteiger partial charge in [-0.25, -0.2) is 14.8 Å². The monoisotopic (exact) mass is 275 g/mol. The molecular formula is C15H21N3O2. The molecule has 1 N–H and O–H groups in total. The Morgan fingerprint density at radius 3 is 2.90 bits per heavy atom. The molecule has 1 fully saturated rings. The number of fused-ring (bicyclic) bond motifs is 1. The van der Waals surface area contributed by atoms with Crippen LogP contribution in [0.1, 0.15) is 66.1 Å². The minimum atomic E-state index is -0.348. The molecule has 0 aromatic carbocycles. The van der Waals surface area contributed by atoms with Gasteiger partial charge in [0.25, 0.3) is 0 Å². The highest BCUT2D eigenvalue weighted by Crippen LogP contribution is 2.38. The predicted octanol–water partition coefficient (Wildman–Crippen LogP) is 2.16. The number of rotatable bonds is 3. The highest BCUT2D eigenvalue weighted by Gasteiger charge is 2.30. The summed E-state index contributed by atoms with van der Waals surface area (Å²) in [6.45, 7) is 3.61. The molecule has 1 aromatic rings. The minimum absolute atomic E-state index is 0.348. The molecule has 20 heavy (non-hydrogen) atoms. The summed E-state index contributed by atoms with van der Waals surface area (Å²) in [5.41, 5.74) is 2.33. The molecule has 0 bridgehead atoms. The highest BCUT2D eigenvalue weighted by atomic mass is 16.5. The molecule has 1 saturated carbocycles. The predicted molar refractivity (Wildman–Crippen MR) is 74.3 cm³/mol. The van der Waals surface area contributed by atoms with Crippen LogP contribution in [-0.2, 0) is 17.8 Å². The summed E-state index contributed by atoms with van der Waals surface area (Å²) in [6.07, 6.45) is 4.73. The standard InChI is InChI=1S/C15H21N3O2/c1-3-9-4-5-10(6-9)14-17-12-8-16-7-11(12)13(18-14)15(19)20-2/h9-10,16H,3-8H2,1-2H3. The first kappa shape index (κ1) is 13.5. The van der Waals surface area contributed by atoms with Crippen molar-refractivity contribution in [1.82, 2.24) is 15.3 Å². The highest BCUT2D eigenvalue weighted by molar-refractivity contribution is 5.89. The van der Waals surface area contributed by atoms with Gasteiger partial charge in [-0.15, -0.1) is 0 Å². The van der Waals surface area contributed by atoms with E-state index in [-0.39, 0.29) is 5.97 Å². The van der Waals surface area contributed by atoms with Gasteiger partial charge in [-0.1, -0.05) is 13.3 Å². The third-order valence-corrected chi connectivity index (χ3v) is 4.57. The van der Waals surface area contributed by atoms with Gasteiger partial charge in [0, 0.05) is 24.6 Å². The van der Waals surface area contributed by atoms with Crippen LogP contribution in [0.2, 0.25) is 0 Å². The van der Waals surface area contributed by atoms with Gasteiger partial charge in [0.05, 0.1) is 12.8 Å². The van der Waals surface area contributed by atoms with Crippen molar-refractivity contribution in [2.45, 2.75) is 51.6 Å². The summed E-state index contributed by atoms with van der Waals surface area (Å²) < 4.78 is 4.86. The summed E-state index contributed by atoms with van der Waals surface area (Å²) in [6, 6.07) is 0. The van der Waals surface area contributed by atoms with E-state index in [0.717, 1.165) is 42.4 Å². The van der Waals surface area contributed by atoms with Crippen molar-refractivity contribution in [2.24, 2.45) is 5.92 Å². The number of nitrogens with one attached hydrogen (secondary N) is 1. The van der Waals surface area contributed by atoms with Gasteiger partial charge < -0.3 is 10.1 Å². The normalized spacial score (nSPS) is 24.7. The van der Waals surface area contributed by atoms with Crippen molar-refractivity contribution in [3.63, 3.8) is 0 Å². The zero-order chi connectivity index (χ0) is 14.1. The van der Waals surface area contributed by atoms with E-state index in [2.05, 4.69) is 17.2 Å². The number of carbonyl (C=O) groups excluding carboxylic acids is 1. The van der Waals surface area contributed by atoms with E-state index < -0.39 is 0 Å². The fourth-order valence-electron chi connectivity index (χ4n) is 3.32. The SMILES string of the molecule is CCC1CCC(c2nc3c(c(C(=O)OC)n2)CNC3)C1. The smallest absolute Gasteiger partial charge is 0.357 e. The molecule has 5 nitrogen and oxygen atoms in total. The number of esters is 1. The Morgan fingerprint density at radius 2 is 2.20 bits per heavy atom. The van der Waals surface area contributed by atoms with E-state index in [1.54, 1.807) is 0 Å². The maximum absolute atomic E-state index is 11.9. The molecule has 0 radical (unpaired) electrons. The van der Waals surface area contributed by atoms with E-state index in [4.69, 9.17) is 9.72 Å². The fraction of sp³-hybridized carbons (Fsp3) is 0.667. The number of aromatic nitrogens is 2. The van der Waals surface area contributed by atoms with Crippen molar-refractivity contribution in [3.8, 4) is 0 Å². The van der Waals surface area contributed by atoms with Crippen molar-refractivity contribution in [1.29, 1.82) is 0 Å². The van der Waals surface area contributed by atoms with E-state index in [1.165, 1.54) is 20.0 Å². The van der Waals surface area contributed by atoms with Crippen molar-refractivity contribution in [2.75, 3.05) is 7.11 Å². The van der Waals surface area contributed by atoms with E-state index in [0.29, 0.717) is 18.2 Å². The summed E-state index contributed by atoms with van der Waals surface area (Å²) in [4.78, 5) is 21.2. The number of ether oxygens (including phenoxy) is 1. The lowest BCUT2D eigenvalue weighted by atomic mass is 10.0. The molecule has 3 rings (SSSR count). The Kier molecular flexibility index (Phi) is 3.70. The first-order valence-corrected chi connectivity index (χ1v) is 7.41. The van der Waals surface area contributed by atoms with Gasteiger partial charge in [0.1, 0.15) is 5.82 Å². The van der Waals surface area contributed by atoms with Crippen molar-refractivity contribution >= 4 is 5.97 Å². The molecule has 108 valence electrons. The molecular weight excluding hydrogens is 254 g/mol. The van der Waals surface area contributed by atoms with Crippen LogP contribution < -0.4 is 5.32 Å². The number of hydrogen-bond donors (Lipinski definition) is 1. The summed E-state index contributed by atoms with van der Waals surface area (Å²) in [5.74, 6) is 1.66. The van der Waals surface area contributed by atoms with Gasteiger partial charge in [0.2, 0.25) is 0 Å². The molecule has 1 aliphatic heterocycles. The molecule has 1 aliphatic carbocycles. The molecule has 2 unspecified atom stereocenters. The van der Waals surface area contributed by atoms with Crippen LogP contribution in [0.4, 0.5) is 0 Å². The van der Waals surface area contributed by atoms with Gasteiger partial charge in [-0.3, -0.25) is 0 Å². The summed E-state index contributed by atoms with van der Waals surface area (Å²) in [7, 11) is 1.40. The first-order chi connectivity index (χ1) is 9.72. The number of methoxy groups -OCH3 is 1. The topological polar surface area (TPSA) is 64.1 Å². The second-order valence-electron chi connectivity index (χ2n) is 5.74. The van der Waals surface area contributed by atoms with Crippen molar-refractivity contribution < 1.29 is 9.53 Å². The Bertz CT molecular complexity index is 530. The average molecular weight is 275 g/mol. The van der Waals surface area contributed by atoms with Crippen LogP contribution in [0.5, 0.6) is 0 Å². The van der Waals surface area contributed by atoms with Crippen LogP contribution in [0.3, 0.4) is 0 Å². The Morgan fingerprint density at radius 1 is 1.35 bits per heavy atom. The van der Waals surface area contributed by atoms with Gasteiger partial charge in [0.15, 0.2) is 5.69 Å². The van der Waals surface area contributed by atoms with E-state index >= 15 is 0 Å². The quantitative estimate of drug-likeness (QED) is 0.856. The molecule has 1 aromatic heterocycles. The minimum Gasteiger partial charge on any atom is -0.464 e. The van der Waals surface area contributed by atoms with Crippen LogP contribution >= 0.6 is 0 Å². The van der Waals surface area contributed by atoms with E-state index in [9.17, 15) is 4.79 Å². The summed E-state index contributed by atoms with van der Waals surface area (Å²) >= 11 is 0. The van der Waals surface area contributed by atoms with Crippen LogP contribution in [-0.4, -0.2) is 23.0 Å². The second-order valence-corrected chi connectivity index (χ2v) is 5.74. The number of carbonyl (C=O) groups is 1. The Hall–Kier alpha value is -1.49. The molecule has 0 saturated heterocycles. The Balaban J connectivity index is 1.95. The molecule has 2 heterocycles. The lowest BCUT2D eigenvalue weighted by Gasteiger charge is -2.12. The molecule has 0 amide bonds. The summed E-state index contributed by atoms with van der Waals surface area (Å²) in [5, 5.41) is 3.23. The molecule has 2 atom stereocenters. The van der Waals surface area contributed by atoms with Crippen LogP contribution in [0.15, 0.2) is 0 Å². The number of hydrogen-bond acceptors (Lipinski definition) is 5. The largest absolute Gasteiger partial charge is 0.464 e. The van der Waals surface area contributed by atoms with Gasteiger partial charge in [-0.05, 0) is 25.2 Å². The lowest BCUT2D eigenvalue weighted by molar-refractivity contribution is 0.0592. The second kappa shape index (κ2) is 5.48. The number of nitrogens with zero attached hydrogens (tertiary/aromatic N) is 2. The molecule has 2 aliphatic rings. The van der Waals surface area contributed by atoms with E-state index in [1.807, 2.05) is 0 Å². The van der Waals surface area contributed by atoms with Gasteiger partial charge in [-0.2, -0.15) is 0 Å². The molecule has 0 spiro atoms. The third kappa shape index (κ3) is 2.30. The zero-order valence-corrected chi connectivity index (χ0v) is 12.1. The lowest BCUT2D eigenvalue weighted by Crippen LogP contribution is -2.14. The van der Waals surface area contributed by atoms with Crippen molar-refractivity contribution in [3.05, 3.63) is 22.8 Å². The van der Waals surface area contributed by atoms with Gasteiger partial charge >= 0.3 is 5.97 Å². The third-order valence-electron chi connectivity index (χ3n) is 4.57. The maximum atomic E-state index is 11.9. The first-order valence-electron chi connectivity index (χ1n) is 7.41. The zero-order valence-electron chi connectivity index (χ0n) is 12.1. The van der Waals surface area contributed by atoms with Crippen LogP contribution in [0, 0.1) is 5.92 Å². The fourth-order valence-corrected chi connectivity index (χ4v) is 3.32. The van der Waals surface area contributed by atoms with Crippen LogP contribution in [0.25, 0.3) is 0 Å². The average Bonchev–Trinajstić information content (AvgIpc) is 3.13. The Labute approximate surface area is 119 Å². The molecule has 5 heteroatoms. The maximum Gasteiger partial charge on any atom is 0.357 e.